The minimum absolute atomic E-state index is 0.0341. The number of methoxy groups -OCH3 is 1. The SMILES string of the molecule is CCC(C)NC(=O)C1CC(=O)N(c2cc(C)ccc2OC)C1. The first kappa shape index (κ1) is 16.3. The molecule has 0 bridgehead atoms. The van der Waals surface area contributed by atoms with Gasteiger partial charge in [0.05, 0.1) is 18.7 Å². The fourth-order valence-corrected chi connectivity index (χ4v) is 2.59. The molecule has 120 valence electrons. The maximum atomic E-state index is 12.3. The number of aryl methyl sites for hydroxylation is 1. The zero-order valence-corrected chi connectivity index (χ0v) is 13.7. The lowest BCUT2D eigenvalue weighted by molar-refractivity contribution is -0.126. The van der Waals surface area contributed by atoms with E-state index in [1.807, 2.05) is 39.0 Å². The number of benzene rings is 1. The molecule has 0 aromatic heterocycles. The molecule has 1 saturated heterocycles. The van der Waals surface area contributed by atoms with E-state index in [9.17, 15) is 9.59 Å². The van der Waals surface area contributed by atoms with Crippen molar-refractivity contribution in [1.82, 2.24) is 5.32 Å². The summed E-state index contributed by atoms with van der Waals surface area (Å²) in [4.78, 5) is 26.2. The van der Waals surface area contributed by atoms with Gasteiger partial charge in [0.1, 0.15) is 5.75 Å². The molecule has 1 aliphatic heterocycles. The van der Waals surface area contributed by atoms with Gasteiger partial charge in [-0.25, -0.2) is 0 Å². The molecule has 2 unspecified atom stereocenters. The van der Waals surface area contributed by atoms with Gasteiger partial charge in [0.15, 0.2) is 0 Å². The number of carbonyl (C=O) groups is 2. The molecule has 1 aromatic rings. The van der Waals surface area contributed by atoms with E-state index in [1.54, 1.807) is 12.0 Å². The first-order valence-electron chi connectivity index (χ1n) is 7.71. The monoisotopic (exact) mass is 304 g/mol. The van der Waals surface area contributed by atoms with Crippen LogP contribution in [-0.2, 0) is 9.59 Å². The molecule has 1 aromatic carbocycles. The minimum Gasteiger partial charge on any atom is -0.495 e. The van der Waals surface area contributed by atoms with Gasteiger partial charge in [0.2, 0.25) is 11.8 Å². The van der Waals surface area contributed by atoms with Crippen molar-refractivity contribution >= 4 is 17.5 Å². The fourth-order valence-electron chi connectivity index (χ4n) is 2.59. The third kappa shape index (κ3) is 3.40. The van der Waals surface area contributed by atoms with E-state index in [2.05, 4.69) is 5.32 Å². The molecule has 0 spiro atoms. The molecule has 1 heterocycles. The van der Waals surface area contributed by atoms with E-state index in [0.29, 0.717) is 12.3 Å². The second-order valence-electron chi connectivity index (χ2n) is 5.90. The van der Waals surface area contributed by atoms with Gasteiger partial charge < -0.3 is 15.0 Å². The Kier molecular flexibility index (Phi) is 5.06. The van der Waals surface area contributed by atoms with E-state index in [0.717, 1.165) is 17.7 Å². The maximum Gasteiger partial charge on any atom is 0.227 e. The lowest BCUT2D eigenvalue weighted by Gasteiger charge is -2.20. The number of hydrogen-bond acceptors (Lipinski definition) is 3. The number of rotatable bonds is 5. The number of nitrogens with one attached hydrogen (secondary N) is 1. The highest BCUT2D eigenvalue weighted by molar-refractivity contribution is 6.01. The van der Waals surface area contributed by atoms with Crippen LogP contribution in [0.25, 0.3) is 0 Å². The average molecular weight is 304 g/mol. The quantitative estimate of drug-likeness (QED) is 0.908. The summed E-state index contributed by atoms with van der Waals surface area (Å²) in [7, 11) is 1.59. The van der Waals surface area contributed by atoms with Gasteiger partial charge in [-0.15, -0.1) is 0 Å². The number of nitrogens with zero attached hydrogens (tertiary/aromatic N) is 1. The Labute approximate surface area is 131 Å². The van der Waals surface area contributed by atoms with Gasteiger partial charge in [0, 0.05) is 19.0 Å². The maximum absolute atomic E-state index is 12.3. The van der Waals surface area contributed by atoms with Crippen molar-refractivity contribution in [1.29, 1.82) is 0 Å². The van der Waals surface area contributed by atoms with E-state index in [-0.39, 0.29) is 30.2 Å². The molecule has 2 amide bonds. The van der Waals surface area contributed by atoms with E-state index in [4.69, 9.17) is 4.74 Å². The Bertz CT molecular complexity index is 571. The zero-order chi connectivity index (χ0) is 16.3. The molecule has 2 atom stereocenters. The summed E-state index contributed by atoms with van der Waals surface area (Å²) in [5, 5.41) is 2.95. The van der Waals surface area contributed by atoms with Crippen LogP contribution >= 0.6 is 0 Å². The molecule has 22 heavy (non-hydrogen) atoms. The van der Waals surface area contributed by atoms with Crippen LogP contribution in [0.4, 0.5) is 5.69 Å². The lowest BCUT2D eigenvalue weighted by atomic mass is 10.1. The van der Waals surface area contributed by atoms with Gasteiger partial charge in [-0.1, -0.05) is 13.0 Å². The van der Waals surface area contributed by atoms with Gasteiger partial charge in [-0.3, -0.25) is 9.59 Å². The summed E-state index contributed by atoms with van der Waals surface area (Å²) in [6, 6.07) is 5.84. The summed E-state index contributed by atoms with van der Waals surface area (Å²) < 4.78 is 5.34. The van der Waals surface area contributed by atoms with Crippen LogP contribution < -0.4 is 15.0 Å². The topological polar surface area (TPSA) is 58.6 Å². The normalized spacial score (nSPS) is 19.2. The highest BCUT2D eigenvalue weighted by Gasteiger charge is 2.36. The summed E-state index contributed by atoms with van der Waals surface area (Å²) >= 11 is 0. The van der Waals surface area contributed by atoms with Gasteiger partial charge in [-0.2, -0.15) is 0 Å². The van der Waals surface area contributed by atoms with E-state index in [1.165, 1.54) is 0 Å². The fraction of sp³-hybridized carbons (Fsp3) is 0.529. The van der Waals surface area contributed by atoms with Crippen molar-refractivity contribution in [3.05, 3.63) is 23.8 Å². The van der Waals surface area contributed by atoms with Crippen molar-refractivity contribution in [2.45, 2.75) is 39.7 Å². The van der Waals surface area contributed by atoms with Crippen LogP contribution in [0, 0.1) is 12.8 Å². The van der Waals surface area contributed by atoms with Gasteiger partial charge >= 0.3 is 0 Å². The van der Waals surface area contributed by atoms with Crippen LogP contribution in [-0.4, -0.2) is 31.5 Å². The van der Waals surface area contributed by atoms with Gasteiger partial charge in [-0.05, 0) is 38.0 Å². The van der Waals surface area contributed by atoms with Crippen LogP contribution in [0.15, 0.2) is 18.2 Å². The minimum atomic E-state index is -0.299. The Morgan fingerprint density at radius 2 is 2.23 bits per heavy atom. The Morgan fingerprint density at radius 3 is 2.86 bits per heavy atom. The Morgan fingerprint density at radius 1 is 1.50 bits per heavy atom. The number of amides is 2. The molecule has 5 heteroatoms. The highest BCUT2D eigenvalue weighted by Crippen LogP contribution is 2.33. The number of hydrogen-bond donors (Lipinski definition) is 1. The number of anilines is 1. The first-order valence-corrected chi connectivity index (χ1v) is 7.71. The van der Waals surface area contributed by atoms with E-state index < -0.39 is 0 Å². The van der Waals surface area contributed by atoms with Crippen LogP contribution in [0.2, 0.25) is 0 Å². The predicted molar refractivity (Wildman–Crippen MR) is 86.1 cm³/mol. The molecule has 1 fully saturated rings. The number of ether oxygens (including phenoxy) is 1. The first-order chi connectivity index (χ1) is 10.5. The molecular weight excluding hydrogens is 280 g/mol. The molecule has 1 aliphatic rings. The molecule has 5 nitrogen and oxygen atoms in total. The second-order valence-corrected chi connectivity index (χ2v) is 5.90. The molecule has 2 rings (SSSR count). The van der Waals surface area contributed by atoms with Crippen molar-refractivity contribution in [3.63, 3.8) is 0 Å². The lowest BCUT2D eigenvalue weighted by Crippen LogP contribution is -2.38. The molecule has 1 N–H and O–H groups in total. The average Bonchev–Trinajstić information content (AvgIpc) is 2.89. The number of carbonyl (C=O) groups excluding carboxylic acids is 2. The molecule has 0 saturated carbocycles. The summed E-state index contributed by atoms with van der Waals surface area (Å²) in [6.07, 6.45) is 1.13. The smallest absolute Gasteiger partial charge is 0.227 e. The molecule has 0 radical (unpaired) electrons. The summed E-state index contributed by atoms with van der Waals surface area (Å²) in [5.41, 5.74) is 1.79. The van der Waals surface area contributed by atoms with Crippen LogP contribution in [0.5, 0.6) is 5.75 Å². The van der Waals surface area contributed by atoms with Crippen LogP contribution in [0.3, 0.4) is 0 Å². The second kappa shape index (κ2) is 6.81. The zero-order valence-electron chi connectivity index (χ0n) is 13.7. The summed E-state index contributed by atoms with van der Waals surface area (Å²) in [6.45, 7) is 6.36. The standard InChI is InChI=1S/C17H24N2O3/c1-5-12(3)18-17(21)13-9-16(20)19(10-13)14-8-11(2)6-7-15(14)22-4/h6-8,12-13H,5,9-10H2,1-4H3,(H,18,21). The molecule has 0 aliphatic carbocycles. The van der Waals surface area contributed by atoms with Crippen LogP contribution in [0.1, 0.15) is 32.3 Å². The molecular formula is C17H24N2O3. The highest BCUT2D eigenvalue weighted by atomic mass is 16.5. The third-order valence-electron chi connectivity index (χ3n) is 4.12. The third-order valence-corrected chi connectivity index (χ3v) is 4.12. The van der Waals surface area contributed by atoms with Crippen molar-refractivity contribution in [3.8, 4) is 5.75 Å². The van der Waals surface area contributed by atoms with Crippen molar-refractivity contribution in [2.75, 3.05) is 18.6 Å². The van der Waals surface area contributed by atoms with Crippen molar-refractivity contribution in [2.24, 2.45) is 5.92 Å². The van der Waals surface area contributed by atoms with Crippen molar-refractivity contribution < 1.29 is 14.3 Å². The van der Waals surface area contributed by atoms with E-state index >= 15 is 0 Å². The Balaban J connectivity index is 2.16. The predicted octanol–water partition coefficient (Wildman–Crippen LogP) is 2.27. The Hall–Kier alpha value is -2.04. The van der Waals surface area contributed by atoms with Gasteiger partial charge in [0.25, 0.3) is 0 Å². The largest absolute Gasteiger partial charge is 0.495 e. The summed E-state index contributed by atoms with van der Waals surface area (Å²) in [5.74, 6) is 0.277.